The van der Waals surface area contributed by atoms with Crippen LogP contribution in [0.25, 0.3) is 10.4 Å². The van der Waals surface area contributed by atoms with E-state index >= 15 is 0 Å². The van der Waals surface area contributed by atoms with Crippen molar-refractivity contribution in [3.63, 3.8) is 0 Å². The summed E-state index contributed by atoms with van der Waals surface area (Å²) >= 11 is 0. The Kier molecular flexibility index (Phi) is 4.43. The third-order valence-corrected chi connectivity index (χ3v) is 2.91. The molecule has 21 heavy (non-hydrogen) atoms. The molecule has 0 aliphatic rings. The normalized spacial score (nSPS) is 9.62. The lowest BCUT2D eigenvalue weighted by atomic mass is 10.0. The number of ether oxygens (including phenoxy) is 2. The van der Waals surface area contributed by atoms with E-state index in [9.17, 15) is 4.79 Å². The van der Waals surface area contributed by atoms with Crippen LogP contribution in [0.3, 0.4) is 0 Å². The highest BCUT2D eigenvalue weighted by molar-refractivity contribution is 6.09. The van der Waals surface area contributed by atoms with E-state index in [1.54, 1.807) is 42.5 Å². The molecule has 2 aromatic carbocycles. The SMILES string of the molecule is COc1ccc(C(=O)c2cccc(N=[N+]=[N-])c2)cc1OC. The van der Waals surface area contributed by atoms with Crippen LogP contribution in [-0.4, -0.2) is 20.0 Å². The molecule has 0 fully saturated rings. The van der Waals surface area contributed by atoms with Crippen LogP contribution in [0.2, 0.25) is 0 Å². The highest BCUT2D eigenvalue weighted by Gasteiger charge is 2.13. The van der Waals surface area contributed by atoms with Crippen LogP contribution >= 0.6 is 0 Å². The molecule has 6 heteroatoms. The van der Waals surface area contributed by atoms with E-state index in [-0.39, 0.29) is 5.78 Å². The minimum absolute atomic E-state index is 0.189. The quantitative estimate of drug-likeness (QED) is 0.361. The largest absolute Gasteiger partial charge is 0.493 e. The molecular formula is C15H13N3O3. The van der Waals surface area contributed by atoms with Gasteiger partial charge in [-0.1, -0.05) is 23.3 Å². The molecular weight excluding hydrogens is 270 g/mol. The summed E-state index contributed by atoms with van der Waals surface area (Å²) in [6.07, 6.45) is 0. The first-order chi connectivity index (χ1) is 10.2. The van der Waals surface area contributed by atoms with Crippen LogP contribution in [0.1, 0.15) is 15.9 Å². The molecule has 0 saturated carbocycles. The first-order valence-electron chi connectivity index (χ1n) is 6.11. The van der Waals surface area contributed by atoms with Gasteiger partial charge in [0.15, 0.2) is 17.3 Å². The van der Waals surface area contributed by atoms with E-state index in [2.05, 4.69) is 10.0 Å². The molecule has 0 amide bonds. The zero-order valence-corrected chi connectivity index (χ0v) is 11.6. The molecule has 2 aromatic rings. The minimum Gasteiger partial charge on any atom is -0.493 e. The number of methoxy groups -OCH3 is 2. The molecule has 0 unspecified atom stereocenters. The Morgan fingerprint density at radius 2 is 1.76 bits per heavy atom. The molecule has 106 valence electrons. The van der Waals surface area contributed by atoms with Crippen molar-refractivity contribution in [2.24, 2.45) is 5.11 Å². The van der Waals surface area contributed by atoms with E-state index < -0.39 is 0 Å². The monoisotopic (exact) mass is 283 g/mol. The lowest BCUT2D eigenvalue weighted by Gasteiger charge is -2.09. The highest BCUT2D eigenvalue weighted by atomic mass is 16.5. The van der Waals surface area contributed by atoms with E-state index in [0.29, 0.717) is 28.3 Å². The Balaban J connectivity index is 2.40. The summed E-state index contributed by atoms with van der Waals surface area (Å²) in [6.45, 7) is 0. The maximum absolute atomic E-state index is 12.4. The third kappa shape index (κ3) is 3.13. The van der Waals surface area contributed by atoms with Crippen LogP contribution in [0.5, 0.6) is 11.5 Å². The standard InChI is InChI=1S/C15H13N3O3/c1-20-13-7-6-11(9-14(13)21-2)15(19)10-4-3-5-12(8-10)17-18-16/h3-9H,1-2H3. The zero-order chi connectivity index (χ0) is 15.2. The van der Waals surface area contributed by atoms with Crippen molar-refractivity contribution in [2.75, 3.05) is 14.2 Å². The average molecular weight is 283 g/mol. The van der Waals surface area contributed by atoms with Gasteiger partial charge in [-0.05, 0) is 29.8 Å². The second-order valence-electron chi connectivity index (χ2n) is 4.14. The molecule has 0 N–H and O–H groups in total. The summed E-state index contributed by atoms with van der Waals surface area (Å²) in [5, 5.41) is 3.49. The highest BCUT2D eigenvalue weighted by Crippen LogP contribution is 2.28. The first kappa shape index (κ1) is 14.4. The van der Waals surface area contributed by atoms with Crippen LogP contribution in [-0.2, 0) is 0 Å². The molecule has 0 atom stereocenters. The molecule has 0 spiro atoms. The molecule has 2 rings (SSSR count). The molecule has 0 bridgehead atoms. The summed E-state index contributed by atoms with van der Waals surface area (Å²) in [5.74, 6) is 0.845. The van der Waals surface area contributed by atoms with Gasteiger partial charge >= 0.3 is 0 Å². The number of hydrogen-bond acceptors (Lipinski definition) is 4. The Morgan fingerprint density at radius 1 is 1.05 bits per heavy atom. The Labute approximate surface area is 121 Å². The fourth-order valence-electron chi connectivity index (χ4n) is 1.91. The lowest BCUT2D eigenvalue weighted by molar-refractivity contribution is 0.103. The topological polar surface area (TPSA) is 84.3 Å². The summed E-state index contributed by atoms with van der Waals surface area (Å²) in [6, 6.07) is 11.4. The number of carbonyl (C=O) groups is 1. The molecule has 0 heterocycles. The zero-order valence-electron chi connectivity index (χ0n) is 11.6. The molecule has 6 nitrogen and oxygen atoms in total. The molecule has 0 saturated heterocycles. The van der Waals surface area contributed by atoms with Crippen molar-refractivity contribution in [2.45, 2.75) is 0 Å². The number of ketones is 1. The summed E-state index contributed by atoms with van der Waals surface area (Å²) in [4.78, 5) is 15.1. The van der Waals surface area contributed by atoms with E-state index in [1.165, 1.54) is 14.2 Å². The van der Waals surface area contributed by atoms with Gasteiger partial charge in [0.05, 0.1) is 14.2 Å². The van der Waals surface area contributed by atoms with Gasteiger partial charge in [-0.15, -0.1) is 0 Å². The number of azide groups is 1. The van der Waals surface area contributed by atoms with Gasteiger partial charge in [-0.3, -0.25) is 4.79 Å². The third-order valence-electron chi connectivity index (χ3n) is 2.91. The lowest BCUT2D eigenvalue weighted by Crippen LogP contribution is -2.02. The fraction of sp³-hybridized carbons (Fsp3) is 0.133. The van der Waals surface area contributed by atoms with Crippen LogP contribution in [0.4, 0.5) is 5.69 Å². The summed E-state index contributed by atoms with van der Waals surface area (Å²) in [5.41, 5.74) is 9.73. The summed E-state index contributed by atoms with van der Waals surface area (Å²) < 4.78 is 10.3. The van der Waals surface area contributed by atoms with Crippen molar-refractivity contribution >= 4 is 11.5 Å². The number of rotatable bonds is 5. The fourth-order valence-corrected chi connectivity index (χ4v) is 1.91. The van der Waals surface area contributed by atoms with Gasteiger partial charge in [0, 0.05) is 21.7 Å². The van der Waals surface area contributed by atoms with E-state index in [0.717, 1.165) is 0 Å². The molecule has 0 aromatic heterocycles. The number of carbonyl (C=O) groups excluding carboxylic acids is 1. The van der Waals surface area contributed by atoms with Crippen LogP contribution in [0.15, 0.2) is 47.6 Å². The Morgan fingerprint density at radius 3 is 2.43 bits per heavy atom. The summed E-state index contributed by atoms with van der Waals surface area (Å²) in [7, 11) is 3.04. The number of benzene rings is 2. The minimum atomic E-state index is -0.189. The van der Waals surface area contributed by atoms with Crippen molar-refractivity contribution in [1.82, 2.24) is 0 Å². The van der Waals surface area contributed by atoms with Gasteiger partial charge in [0.25, 0.3) is 0 Å². The second kappa shape index (κ2) is 6.45. The van der Waals surface area contributed by atoms with Crippen molar-refractivity contribution < 1.29 is 14.3 Å². The molecule has 0 aliphatic heterocycles. The first-order valence-corrected chi connectivity index (χ1v) is 6.11. The predicted octanol–water partition coefficient (Wildman–Crippen LogP) is 3.88. The number of nitrogens with zero attached hydrogens (tertiary/aromatic N) is 3. The maximum atomic E-state index is 12.4. The smallest absolute Gasteiger partial charge is 0.193 e. The van der Waals surface area contributed by atoms with Gasteiger partial charge in [-0.2, -0.15) is 0 Å². The second-order valence-corrected chi connectivity index (χ2v) is 4.14. The van der Waals surface area contributed by atoms with Crippen LogP contribution < -0.4 is 9.47 Å². The average Bonchev–Trinajstić information content (AvgIpc) is 2.54. The van der Waals surface area contributed by atoms with Crippen molar-refractivity contribution in [1.29, 1.82) is 0 Å². The van der Waals surface area contributed by atoms with Crippen molar-refractivity contribution in [3.05, 3.63) is 64.0 Å². The van der Waals surface area contributed by atoms with Crippen LogP contribution in [0, 0.1) is 0 Å². The van der Waals surface area contributed by atoms with Gasteiger partial charge < -0.3 is 9.47 Å². The Bertz CT molecular complexity index is 722. The Hall–Kier alpha value is -2.98. The molecule has 0 radical (unpaired) electrons. The van der Waals surface area contributed by atoms with Crippen molar-refractivity contribution in [3.8, 4) is 11.5 Å². The predicted molar refractivity (Wildman–Crippen MR) is 78.2 cm³/mol. The van der Waals surface area contributed by atoms with E-state index in [1.807, 2.05) is 0 Å². The number of hydrogen-bond donors (Lipinski definition) is 0. The van der Waals surface area contributed by atoms with Gasteiger partial charge in [0.1, 0.15) is 0 Å². The maximum Gasteiger partial charge on any atom is 0.193 e. The van der Waals surface area contributed by atoms with Gasteiger partial charge in [0.2, 0.25) is 0 Å². The van der Waals surface area contributed by atoms with Gasteiger partial charge in [-0.25, -0.2) is 0 Å². The molecule has 0 aliphatic carbocycles. The van der Waals surface area contributed by atoms with E-state index in [4.69, 9.17) is 15.0 Å².